The van der Waals surface area contributed by atoms with Gasteiger partial charge in [-0.1, -0.05) is 23.8 Å². The van der Waals surface area contributed by atoms with Crippen LogP contribution in [0.15, 0.2) is 30.4 Å². The number of nitro benzene ring substituents is 1. The highest BCUT2D eigenvalue weighted by Gasteiger charge is 2.47. The van der Waals surface area contributed by atoms with Gasteiger partial charge in [-0.15, -0.1) is 0 Å². The summed E-state index contributed by atoms with van der Waals surface area (Å²) in [6.45, 7) is -0.416. The molecule has 1 aromatic carbocycles. The number of amides is 3. The highest BCUT2D eigenvalue weighted by Crippen LogP contribution is 2.35. The number of anilines is 1. The molecule has 1 aliphatic carbocycles. The van der Waals surface area contributed by atoms with E-state index < -0.39 is 29.2 Å². The Balaban J connectivity index is 1.69. The van der Waals surface area contributed by atoms with Crippen LogP contribution in [0.3, 0.4) is 0 Å². The van der Waals surface area contributed by atoms with E-state index in [9.17, 15) is 24.5 Å². The molecule has 3 rings (SSSR count). The Labute approximate surface area is 147 Å². The van der Waals surface area contributed by atoms with Crippen LogP contribution in [0.5, 0.6) is 0 Å². The van der Waals surface area contributed by atoms with Crippen molar-refractivity contribution in [2.45, 2.75) is 12.8 Å². The summed E-state index contributed by atoms with van der Waals surface area (Å²) in [7, 11) is 0. The van der Waals surface area contributed by atoms with Gasteiger partial charge in [-0.25, -0.2) is 0 Å². The Morgan fingerprint density at radius 3 is 2.40 bits per heavy atom. The van der Waals surface area contributed by atoms with Gasteiger partial charge < -0.3 is 5.32 Å². The molecule has 130 valence electrons. The molecule has 1 saturated heterocycles. The summed E-state index contributed by atoms with van der Waals surface area (Å²) in [6.07, 6.45) is 4.72. The van der Waals surface area contributed by atoms with E-state index in [1.807, 2.05) is 12.2 Å². The minimum Gasteiger partial charge on any atom is -0.324 e. The second-order valence-corrected chi connectivity index (χ2v) is 6.30. The van der Waals surface area contributed by atoms with Crippen LogP contribution in [0, 0.1) is 22.0 Å². The lowest BCUT2D eigenvalue weighted by atomic mass is 9.85. The average Bonchev–Trinajstić information content (AvgIpc) is 2.82. The van der Waals surface area contributed by atoms with Crippen molar-refractivity contribution in [1.29, 1.82) is 0 Å². The number of nitrogens with one attached hydrogen (secondary N) is 1. The first kappa shape index (κ1) is 17.1. The first-order valence-electron chi connectivity index (χ1n) is 7.62. The SMILES string of the molecule is O=C(CN1C(=O)C2CC=CCC2C1=O)Nc1ccc(Cl)c([N+](=O)[O-])c1. The van der Waals surface area contributed by atoms with E-state index in [4.69, 9.17) is 11.6 Å². The number of hydrogen-bond acceptors (Lipinski definition) is 5. The van der Waals surface area contributed by atoms with Gasteiger partial charge >= 0.3 is 0 Å². The molecule has 0 aromatic heterocycles. The maximum Gasteiger partial charge on any atom is 0.289 e. The Bertz CT molecular complexity index is 781. The molecule has 25 heavy (non-hydrogen) atoms. The molecule has 2 atom stereocenters. The molecule has 0 radical (unpaired) electrons. The minimum atomic E-state index is -0.663. The molecule has 0 spiro atoms. The average molecular weight is 364 g/mol. The van der Waals surface area contributed by atoms with Crippen LogP contribution in [0.25, 0.3) is 0 Å². The predicted molar refractivity (Wildman–Crippen MR) is 88.8 cm³/mol. The van der Waals surface area contributed by atoms with Gasteiger partial charge in [0.05, 0.1) is 16.8 Å². The second-order valence-electron chi connectivity index (χ2n) is 5.89. The Morgan fingerprint density at radius 1 is 1.24 bits per heavy atom. The molecule has 1 aromatic rings. The molecule has 3 amide bonds. The van der Waals surface area contributed by atoms with Gasteiger partial charge in [0.25, 0.3) is 5.69 Å². The smallest absolute Gasteiger partial charge is 0.289 e. The van der Waals surface area contributed by atoms with E-state index in [0.717, 1.165) is 11.0 Å². The number of benzene rings is 1. The highest BCUT2D eigenvalue weighted by atomic mass is 35.5. The fraction of sp³-hybridized carbons (Fsp3) is 0.312. The van der Waals surface area contributed by atoms with E-state index >= 15 is 0 Å². The van der Waals surface area contributed by atoms with Gasteiger partial charge in [-0.3, -0.25) is 29.4 Å². The van der Waals surface area contributed by atoms with Crippen LogP contribution in [0.4, 0.5) is 11.4 Å². The van der Waals surface area contributed by atoms with E-state index in [1.165, 1.54) is 12.1 Å². The number of nitro groups is 1. The van der Waals surface area contributed by atoms with Crippen molar-refractivity contribution in [2.24, 2.45) is 11.8 Å². The van der Waals surface area contributed by atoms with E-state index in [-0.39, 0.29) is 28.2 Å². The number of likely N-dealkylation sites (tertiary alicyclic amines) is 1. The summed E-state index contributed by atoms with van der Waals surface area (Å²) in [4.78, 5) is 47.9. The molecular formula is C16H14ClN3O5. The second kappa shape index (κ2) is 6.64. The van der Waals surface area contributed by atoms with Gasteiger partial charge in [0.15, 0.2) is 0 Å². The first-order chi connectivity index (χ1) is 11.9. The molecule has 9 heteroatoms. The van der Waals surface area contributed by atoms with Crippen LogP contribution < -0.4 is 5.32 Å². The lowest BCUT2D eigenvalue weighted by Gasteiger charge is -2.14. The zero-order valence-electron chi connectivity index (χ0n) is 13.0. The fourth-order valence-corrected chi connectivity index (χ4v) is 3.29. The van der Waals surface area contributed by atoms with Gasteiger partial charge in [0, 0.05) is 11.8 Å². The fourth-order valence-electron chi connectivity index (χ4n) is 3.10. The topological polar surface area (TPSA) is 110 Å². The molecule has 1 fully saturated rings. The lowest BCUT2D eigenvalue weighted by molar-refractivity contribution is -0.384. The van der Waals surface area contributed by atoms with E-state index in [0.29, 0.717) is 12.8 Å². The number of halogens is 1. The minimum absolute atomic E-state index is 0.0514. The van der Waals surface area contributed by atoms with Crippen molar-refractivity contribution in [1.82, 2.24) is 4.90 Å². The monoisotopic (exact) mass is 363 g/mol. The summed E-state index contributed by atoms with van der Waals surface area (Å²) in [5.41, 5.74) is -0.177. The largest absolute Gasteiger partial charge is 0.324 e. The zero-order valence-corrected chi connectivity index (χ0v) is 13.7. The van der Waals surface area contributed by atoms with Gasteiger partial charge in [-0.2, -0.15) is 0 Å². The molecule has 1 aliphatic heterocycles. The third kappa shape index (κ3) is 3.25. The van der Waals surface area contributed by atoms with Crippen LogP contribution >= 0.6 is 11.6 Å². The summed E-state index contributed by atoms with van der Waals surface area (Å²) >= 11 is 5.72. The number of carbonyl (C=O) groups excluding carboxylic acids is 3. The van der Waals surface area contributed by atoms with E-state index in [1.54, 1.807) is 0 Å². The van der Waals surface area contributed by atoms with Gasteiger partial charge in [0.2, 0.25) is 17.7 Å². The third-order valence-electron chi connectivity index (χ3n) is 4.33. The van der Waals surface area contributed by atoms with Crippen LogP contribution in [-0.4, -0.2) is 34.1 Å². The van der Waals surface area contributed by atoms with Crippen molar-refractivity contribution in [2.75, 3.05) is 11.9 Å². The number of rotatable bonds is 4. The highest BCUT2D eigenvalue weighted by molar-refractivity contribution is 6.32. The number of hydrogen-bond donors (Lipinski definition) is 1. The van der Waals surface area contributed by atoms with Crippen molar-refractivity contribution >= 4 is 40.7 Å². The van der Waals surface area contributed by atoms with Gasteiger partial charge in [-0.05, 0) is 25.0 Å². The van der Waals surface area contributed by atoms with Crippen LogP contribution in [-0.2, 0) is 14.4 Å². The maximum absolute atomic E-state index is 12.3. The van der Waals surface area contributed by atoms with Crippen LogP contribution in [0.1, 0.15) is 12.8 Å². The number of fused-ring (bicyclic) bond motifs is 1. The predicted octanol–water partition coefficient (Wildman–Crippen LogP) is 2.14. The molecule has 1 heterocycles. The third-order valence-corrected chi connectivity index (χ3v) is 4.65. The Morgan fingerprint density at radius 2 is 1.84 bits per heavy atom. The molecule has 2 aliphatic rings. The number of allylic oxidation sites excluding steroid dienone is 2. The molecule has 8 nitrogen and oxygen atoms in total. The van der Waals surface area contributed by atoms with E-state index in [2.05, 4.69) is 5.32 Å². The normalized spacial score (nSPS) is 22.0. The summed E-state index contributed by atoms with van der Waals surface area (Å²) in [5, 5.41) is 13.3. The molecular weight excluding hydrogens is 350 g/mol. The lowest BCUT2D eigenvalue weighted by Crippen LogP contribution is -2.38. The Hall–Kier alpha value is -2.74. The van der Waals surface area contributed by atoms with Crippen molar-refractivity contribution in [3.05, 3.63) is 45.5 Å². The summed E-state index contributed by atoms with van der Waals surface area (Å²) < 4.78 is 0. The van der Waals surface area contributed by atoms with Crippen molar-refractivity contribution < 1.29 is 19.3 Å². The first-order valence-corrected chi connectivity index (χ1v) is 8.00. The van der Waals surface area contributed by atoms with Gasteiger partial charge in [0.1, 0.15) is 11.6 Å². The zero-order chi connectivity index (χ0) is 18.1. The standard InChI is InChI=1S/C16H14ClN3O5/c17-12-6-5-9(7-13(12)20(24)25)18-14(21)8-19-15(22)10-3-1-2-4-11(10)16(19)23/h1-2,5-7,10-11H,3-4,8H2,(H,18,21). The van der Waals surface area contributed by atoms with Crippen molar-refractivity contribution in [3.8, 4) is 0 Å². The van der Waals surface area contributed by atoms with Crippen molar-refractivity contribution in [3.63, 3.8) is 0 Å². The molecule has 1 N–H and O–H groups in total. The van der Waals surface area contributed by atoms with Crippen LogP contribution in [0.2, 0.25) is 5.02 Å². The maximum atomic E-state index is 12.3. The Kier molecular flexibility index (Phi) is 4.54. The number of imide groups is 1. The molecule has 2 unspecified atom stereocenters. The molecule has 0 saturated carbocycles. The molecule has 0 bridgehead atoms. The summed E-state index contributed by atoms with van der Waals surface area (Å²) in [6, 6.07) is 3.82. The number of nitrogens with zero attached hydrogens (tertiary/aromatic N) is 2. The summed E-state index contributed by atoms with van der Waals surface area (Å²) in [5.74, 6) is -2.11. The quantitative estimate of drug-likeness (QED) is 0.381. The number of carbonyl (C=O) groups is 3.